The van der Waals surface area contributed by atoms with Crippen LogP contribution >= 0.6 is 11.6 Å². The average molecular weight is 325 g/mol. The standard InChI is InChI=1S/C17H25ClN2O2/c18-13-4-5-14(22-12-8-11(9-12)10-21)15(16(13)19)17(20)6-2-1-3-7-17/h4-5,11-12,21H,1-3,6-10,19-20H2/t11-,12+. The Morgan fingerprint density at radius 1 is 1.23 bits per heavy atom. The van der Waals surface area contributed by atoms with Crippen LogP contribution in [0.5, 0.6) is 5.75 Å². The van der Waals surface area contributed by atoms with Crippen molar-refractivity contribution in [2.75, 3.05) is 12.3 Å². The van der Waals surface area contributed by atoms with E-state index in [2.05, 4.69) is 0 Å². The lowest BCUT2D eigenvalue weighted by Crippen LogP contribution is -2.41. The van der Waals surface area contributed by atoms with Crippen molar-refractivity contribution >= 4 is 17.3 Å². The van der Waals surface area contributed by atoms with E-state index >= 15 is 0 Å². The van der Waals surface area contributed by atoms with Gasteiger partial charge in [0.05, 0.1) is 16.8 Å². The van der Waals surface area contributed by atoms with Gasteiger partial charge in [0.15, 0.2) is 0 Å². The topological polar surface area (TPSA) is 81.5 Å². The number of rotatable bonds is 4. The van der Waals surface area contributed by atoms with E-state index in [4.69, 9.17) is 32.9 Å². The average Bonchev–Trinajstić information content (AvgIpc) is 2.46. The molecule has 2 aliphatic carbocycles. The zero-order valence-electron chi connectivity index (χ0n) is 12.9. The van der Waals surface area contributed by atoms with Crippen LogP contribution in [0.15, 0.2) is 12.1 Å². The highest BCUT2D eigenvalue weighted by Crippen LogP contribution is 2.45. The van der Waals surface area contributed by atoms with Crippen LogP contribution in [0, 0.1) is 5.92 Å². The smallest absolute Gasteiger partial charge is 0.126 e. The molecule has 0 amide bonds. The first-order valence-corrected chi connectivity index (χ1v) is 8.56. The van der Waals surface area contributed by atoms with E-state index in [1.807, 2.05) is 6.07 Å². The van der Waals surface area contributed by atoms with Crippen LogP contribution in [-0.4, -0.2) is 17.8 Å². The van der Waals surface area contributed by atoms with Gasteiger partial charge in [-0.2, -0.15) is 0 Å². The van der Waals surface area contributed by atoms with E-state index in [1.165, 1.54) is 6.42 Å². The lowest BCUT2D eigenvalue weighted by atomic mass is 9.76. The molecule has 2 aliphatic rings. The molecule has 122 valence electrons. The largest absolute Gasteiger partial charge is 0.490 e. The molecule has 0 bridgehead atoms. The van der Waals surface area contributed by atoms with Crippen LogP contribution < -0.4 is 16.2 Å². The lowest BCUT2D eigenvalue weighted by Gasteiger charge is -2.39. The van der Waals surface area contributed by atoms with E-state index in [0.29, 0.717) is 16.6 Å². The molecular formula is C17H25ClN2O2. The Kier molecular flexibility index (Phi) is 4.53. The minimum Gasteiger partial charge on any atom is -0.490 e. The van der Waals surface area contributed by atoms with E-state index in [9.17, 15) is 0 Å². The van der Waals surface area contributed by atoms with Gasteiger partial charge >= 0.3 is 0 Å². The molecule has 3 rings (SSSR count). The number of hydrogen-bond donors (Lipinski definition) is 3. The number of aliphatic hydroxyl groups is 1. The Hall–Kier alpha value is -0.970. The molecule has 0 aliphatic heterocycles. The van der Waals surface area contributed by atoms with Gasteiger partial charge in [-0.1, -0.05) is 30.9 Å². The summed E-state index contributed by atoms with van der Waals surface area (Å²) in [4.78, 5) is 0. The van der Waals surface area contributed by atoms with Crippen LogP contribution in [0.1, 0.15) is 50.5 Å². The summed E-state index contributed by atoms with van der Waals surface area (Å²) in [6.45, 7) is 0.232. The maximum absolute atomic E-state index is 9.14. The first kappa shape index (κ1) is 15.9. The number of anilines is 1. The summed E-state index contributed by atoms with van der Waals surface area (Å²) < 4.78 is 6.14. The molecule has 22 heavy (non-hydrogen) atoms. The molecule has 0 aromatic heterocycles. The molecule has 1 aromatic carbocycles. The van der Waals surface area contributed by atoms with Gasteiger partial charge in [0.25, 0.3) is 0 Å². The van der Waals surface area contributed by atoms with Crippen molar-refractivity contribution < 1.29 is 9.84 Å². The van der Waals surface area contributed by atoms with Crippen molar-refractivity contribution in [2.45, 2.75) is 56.6 Å². The molecule has 0 spiro atoms. The molecule has 0 saturated heterocycles. The third kappa shape index (κ3) is 2.92. The second kappa shape index (κ2) is 6.26. The minimum absolute atomic E-state index is 0.142. The molecule has 2 saturated carbocycles. The van der Waals surface area contributed by atoms with Gasteiger partial charge in [0.2, 0.25) is 0 Å². The Bertz CT molecular complexity index is 538. The van der Waals surface area contributed by atoms with Gasteiger partial charge in [0.1, 0.15) is 5.75 Å². The van der Waals surface area contributed by atoms with E-state index in [1.54, 1.807) is 6.07 Å². The number of nitrogens with two attached hydrogens (primary N) is 2. The summed E-state index contributed by atoms with van der Waals surface area (Å²) in [5.74, 6) is 1.13. The summed E-state index contributed by atoms with van der Waals surface area (Å²) in [5.41, 5.74) is 13.9. The predicted octanol–water partition coefficient (Wildman–Crippen LogP) is 3.19. The number of hydrogen-bond acceptors (Lipinski definition) is 4. The highest BCUT2D eigenvalue weighted by Gasteiger charge is 2.37. The lowest BCUT2D eigenvalue weighted by molar-refractivity contribution is 0.0308. The van der Waals surface area contributed by atoms with E-state index in [0.717, 1.165) is 49.8 Å². The Morgan fingerprint density at radius 2 is 1.91 bits per heavy atom. The van der Waals surface area contributed by atoms with Crippen molar-refractivity contribution in [3.8, 4) is 5.75 Å². The molecule has 2 fully saturated rings. The van der Waals surface area contributed by atoms with Crippen molar-refractivity contribution in [2.24, 2.45) is 11.7 Å². The van der Waals surface area contributed by atoms with Crippen LogP contribution in [0.2, 0.25) is 5.02 Å². The van der Waals surface area contributed by atoms with Gasteiger partial charge in [-0.05, 0) is 43.7 Å². The van der Waals surface area contributed by atoms with Crippen LogP contribution in [-0.2, 0) is 5.54 Å². The van der Waals surface area contributed by atoms with E-state index < -0.39 is 5.54 Å². The molecule has 0 radical (unpaired) electrons. The molecule has 0 unspecified atom stereocenters. The second-order valence-corrected chi connectivity index (χ2v) is 7.22. The van der Waals surface area contributed by atoms with Crippen molar-refractivity contribution in [3.05, 3.63) is 22.7 Å². The number of halogens is 1. The number of nitrogen functional groups attached to an aromatic ring is 1. The summed E-state index contributed by atoms with van der Waals surface area (Å²) >= 11 is 6.23. The molecule has 5 N–H and O–H groups in total. The maximum atomic E-state index is 9.14. The fraction of sp³-hybridized carbons (Fsp3) is 0.647. The van der Waals surface area contributed by atoms with Gasteiger partial charge in [0, 0.05) is 17.7 Å². The fourth-order valence-electron chi connectivity index (χ4n) is 3.72. The van der Waals surface area contributed by atoms with Crippen LogP contribution in [0.3, 0.4) is 0 Å². The first-order chi connectivity index (χ1) is 10.5. The first-order valence-electron chi connectivity index (χ1n) is 8.18. The molecule has 5 heteroatoms. The summed E-state index contributed by atoms with van der Waals surface area (Å²) in [7, 11) is 0. The highest BCUT2D eigenvalue weighted by atomic mass is 35.5. The van der Waals surface area contributed by atoms with Gasteiger partial charge in [-0.3, -0.25) is 0 Å². The second-order valence-electron chi connectivity index (χ2n) is 6.81. The van der Waals surface area contributed by atoms with Crippen molar-refractivity contribution in [3.63, 3.8) is 0 Å². The summed E-state index contributed by atoms with van der Waals surface area (Å²) in [6, 6.07) is 3.67. The normalized spacial score (nSPS) is 27.2. The number of benzene rings is 1. The quantitative estimate of drug-likeness (QED) is 0.743. The zero-order chi connectivity index (χ0) is 15.7. The Balaban J connectivity index is 1.88. The third-order valence-corrected chi connectivity index (χ3v) is 5.47. The monoisotopic (exact) mass is 324 g/mol. The number of ether oxygens (including phenoxy) is 1. The Labute approximate surface area is 136 Å². The molecular weight excluding hydrogens is 300 g/mol. The predicted molar refractivity (Wildman–Crippen MR) is 89.0 cm³/mol. The SMILES string of the molecule is Nc1c(Cl)ccc(O[C@H]2C[C@@H](CO)C2)c1C1(N)CCCCC1. The van der Waals surface area contributed by atoms with Crippen molar-refractivity contribution in [1.29, 1.82) is 0 Å². The molecule has 0 atom stereocenters. The van der Waals surface area contributed by atoms with E-state index in [-0.39, 0.29) is 12.7 Å². The minimum atomic E-state index is -0.442. The Morgan fingerprint density at radius 3 is 2.55 bits per heavy atom. The van der Waals surface area contributed by atoms with Gasteiger partial charge < -0.3 is 21.3 Å². The van der Waals surface area contributed by atoms with Gasteiger partial charge in [-0.15, -0.1) is 0 Å². The van der Waals surface area contributed by atoms with Gasteiger partial charge in [-0.25, -0.2) is 0 Å². The van der Waals surface area contributed by atoms with Crippen molar-refractivity contribution in [1.82, 2.24) is 0 Å². The number of aliphatic hydroxyl groups excluding tert-OH is 1. The zero-order valence-corrected chi connectivity index (χ0v) is 13.6. The van der Waals surface area contributed by atoms with Crippen LogP contribution in [0.4, 0.5) is 5.69 Å². The third-order valence-electron chi connectivity index (χ3n) is 5.14. The molecule has 1 aromatic rings. The molecule has 0 heterocycles. The van der Waals surface area contributed by atoms with Crippen LogP contribution in [0.25, 0.3) is 0 Å². The molecule has 4 nitrogen and oxygen atoms in total. The summed E-state index contributed by atoms with van der Waals surface area (Å²) in [5, 5.41) is 9.68. The maximum Gasteiger partial charge on any atom is 0.126 e. The summed E-state index contributed by atoms with van der Waals surface area (Å²) in [6.07, 6.45) is 7.18. The highest BCUT2D eigenvalue weighted by molar-refractivity contribution is 6.33. The fourth-order valence-corrected chi connectivity index (χ4v) is 3.88.